The lowest BCUT2D eigenvalue weighted by Gasteiger charge is -2.14. The van der Waals surface area contributed by atoms with Gasteiger partial charge < -0.3 is 14.6 Å². The molecule has 0 bridgehead atoms. The van der Waals surface area contributed by atoms with E-state index in [1.807, 2.05) is 41.9 Å². The lowest BCUT2D eigenvalue weighted by atomic mass is 10.1. The highest BCUT2D eigenvalue weighted by atomic mass is 16.6. The maximum absolute atomic E-state index is 9.83. The first-order valence-electron chi connectivity index (χ1n) is 8.73. The molecule has 0 aliphatic rings. The molecule has 0 amide bonds. The number of methoxy groups -OCH3 is 1. The number of aryl methyl sites for hydroxylation is 1. The number of aliphatic hydroxyl groups excluding tert-OH is 1. The van der Waals surface area contributed by atoms with E-state index in [4.69, 9.17) is 9.47 Å². The van der Waals surface area contributed by atoms with E-state index in [1.54, 1.807) is 6.20 Å². The maximum Gasteiger partial charge on any atom is 0.180 e. The summed E-state index contributed by atoms with van der Waals surface area (Å²) in [6.07, 6.45) is 0.850. The van der Waals surface area contributed by atoms with Gasteiger partial charge in [0.2, 0.25) is 0 Å². The molecule has 2 heterocycles. The number of aromatic nitrogens is 3. The van der Waals surface area contributed by atoms with Gasteiger partial charge in [0.25, 0.3) is 0 Å². The molecule has 0 fully saturated rings. The van der Waals surface area contributed by atoms with Crippen LogP contribution in [-0.4, -0.2) is 33.6 Å². The van der Waals surface area contributed by atoms with Gasteiger partial charge in [-0.05, 0) is 37.1 Å². The number of hydrogen-bond acceptors (Lipinski definition) is 5. The van der Waals surface area contributed by atoms with Crippen molar-refractivity contribution in [3.63, 3.8) is 0 Å². The van der Waals surface area contributed by atoms with Crippen LogP contribution in [0.1, 0.15) is 37.1 Å². The monoisotopic (exact) mass is 355 g/mol. The Morgan fingerprint density at radius 2 is 2.00 bits per heavy atom. The van der Waals surface area contributed by atoms with Gasteiger partial charge in [-0.1, -0.05) is 19.9 Å². The maximum atomic E-state index is 9.83. The second-order valence-corrected chi connectivity index (χ2v) is 6.81. The molecular weight excluding hydrogens is 330 g/mol. The summed E-state index contributed by atoms with van der Waals surface area (Å²) >= 11 is 0. The van der Waals surface area contributed by atoms with E-state index < -0.39 is 6.29 Å². The molecular formula is C20H25N3O3. The van der Waals surface area contributed by atoms with Gasteiger partial charge in [0, 0.05) is 23.8 Å². The minimum absolute atomic E-state index is 0.445. The van der Waals surface area contributed by atoms with Crippen LogP contribution in [0.5, 0.6) is 5.75 Å². The zero-order chi connectivity index (χ0) is 18.7. The van der Waals surface area contributed by atoms with Crippen LogP contribution in [0, 0.1) is 12.8 Å². The third-order valence-electron chi connectivity index (χ3n) is 4.12. The van der Waals surface area contributed by atoms with Crippen molar-refractivity contribution in [3.8, 4) is 5.75 Å². The number of ether oxygens (including phenoxy) is 2. The molecule has 0 saturated carbocycles. The van der Waals surface area contributed by atoms with Gasteiger partial charge in [-0.25, -0.2) is 0 Å². The highest BCUT2D eigenvalue weighted by Crippen LogP contribution is 2.24. The van der Waals surface area contributed by atoms with Gasteiger partial charge in [0.15, 0.2) is 6.29 Å². The van der Waals surface area contributed by atoms with E-state index in [1.165, 1.54) is 7.11 Å². The molecule has 0 aliphatic heterocycles. The predicted molar refractivity (Wildman–Crippen MR) is 100 cm³/mol. The van der Waals surface area contributed by atoms with Crippen molar-refractivity contribution in [3.05, 3.63) is 53.5 Å². The zero-order valence-electron chi connectivity index (χ0n) is 15.6. The Morgan fingerprint density at radius 3 is 2.73 bits per heavy atom. The molecule has 0 saturated heterocycles. The van der Waals surface area contributed by atoms with Gasteiger partial charge in [0.1, 0.15) is 11.4 Å². The zero-order valence-corrected chi connectivity index (χ0v) is 15.6. The smallest absolute Gasteiger partial charge is 0.180 e. The molecule has 1 unspecified atom stereocenters. The van der Waals surface area contributed by atoms with Crippen molar-refractivity contribution < 1.29 is 14.6 Å². The first-order chi connectivity index (χ1) is 12.5. The van der Waals surface area contributed by atoms with Crippen LogP contribution in [0.2, 0.25) is 0 Å². The number of rotatable bonds is 7. The minimum atomic E-state index is -0.933. The van der Waals surface area contributed by atoms with Crippen molar-refractivity contribution in [2.45, 2.75) is 33.6 Å². The lowest BCUT2D eigenvalue weighted by molar-refractivity contribution is -0.0768. The van der Waals surface area contributed by atoms with Crippen molar-refractivity contribution in [2.24, 2.45) is 5.92 Å². The van der Waals surface area contributed by atoms with E-state index in [9.17, 15) is 5.11 Å². The largest absolute Gasteiger partial charge is 0.491 e. The van der Waals surface area contributed by atoms with Crippen molar-refractivity contribution in [1.29, 1.82) is 0 Å². The Hall–Kier alpha value is -2.44. The normalized spacial score (nSPS) is 12.7. The van der Waals surface area contributed by atoms with E-state index in [0.717, 1.165) is 28.0 Å². The summed E-state index contributed by atoms with van der Waals surface area (Å²) in [6, 6.07) is 9.59. The summed E-state index contributed by atoms with van der Waals surface area (Å²) in [4.78, 5) is 4.65. The van der Waals surface area contributed by atoms with Crippen molar-refractivity contribution in [2.75, 3.05) is 13.7 Å². The fraction of sp³-hybridized carbons (Fsp3) is 0.400. The molecule has 6 heteroatoms. The van der Waals surface area contributed by atoms with E-state index in [2.05, 4.69) is 23.9 Å². The Kier molecular flexibility index (Phi) is 5.54. The van der Waals surface area contributed by atoms with Crippen LogP contribution in [0.4, 0.5) is 0 Å². The predicted octanol–water partition coefficient (Wildman–Crippen LogP) is 3.46. The Labute approximate surface area is 153 Å². The van der Waals surface area contributed by atoms with Crippen LogP contribution in [-0.2, 0) is 11.3 Å². The lowest BCUT2D eigenvalue weighted by Crippen LogP contribution is -2.10. The summed E-state index contributed by atoms with van der Waals surface area (Å²) in [7, 11) is 1.47. The Balaban J connectivity index is 1.90. The topological polar surface area (TPSA) is 69.4 Å². The SMILES string of the molecule is COC(O)c1ccc2c(cnn2Cc2nc(C)ccc2OCC(C)C)c1. The van der Waals surface area contributed by atoms with Crippen molar-refractivity contribution in [1.82, 2.24) is 14.8 Å². The third-order valence-corrected chi connectivity index (χ3v) is 4.12. The van der Waals surface area contributed by atoms with Crippen LogP contribution in [0.3, 0.4) is 0 Å². The molecule has 0 aliphatic carbocycles. The first-order valence-corrected chi connectivity index (χ1v) is 8.73. The summed E-state index contributed by atoms with van der Waals surface area (Å²) in [5, 5.41) is 15.2. The number of nitrogens with zero attached hydrogens (tertiary/aromatic N) is 3. The van der Waals surface area contributed by atoms with Crippen molar-refractivity contribution >= 4 is 10.9 Å². The van der Waals surface area contributed by atoms with E-state index >= 15 is 0 Å². The van der Waals surface area contributed by atoms with Crippen LogP contribution in [0.15, 0.2) is 36.5 Å². The fourth-order valence-corrected chi connectivity index (χ4v) is 2.76. The van der Waals surface area contributed by atoms with Crippen LogP contribution >= 0.6 is 0 Å². The fourth-order valence-electron chi connectivity index (χ4n) is 2.76. The van der Waals surface area contributed by atoms with Gasteiger partial charge in [-0.2, -0.15) is 5.10 Å². The van der Waals surface area contributed by atoms with E-state index in [0.29, 0.717) is 24.6 Å². The Morgan fingerprint density at radius 1 is 1.19 bits per heavy atom. The Bertz CT molecular complexity index is 889. The number of pyridine rings is 1. The minimum Gasteiger partial charge on any atom is -0.491 e. The first kappa shape index (κ1) is 18.4. The summed E-state index contributed by atoms with van der Waals surface area (Å²) in [5.74, 6) is 1.24. The van der Waals surface area contributed by atoms with Gasteiger partial charge >= 0.3 is 0 Å². The quantitative estimate of drug-likeness (QED) is 0.657. The summed E-state index contributed by atoms with van der Waals surface area (Å²) in [5.41, 5.74) is 3.47. The number of hydrogen-bond donors (Lipinski definition) is 1. The second-order valence-electron chi connectivity index (χ2n) is 6.81. The average molecular weight is 355 g/mol. The number of aliphatic hydroxyl groups is 1. The number of benzene rings is 1. The molecule has 26 heavy (non-hydrogen) atoms. The van der Waals surface area contributed by atoms with Gasteiger partial charge in [0.05, 0.1) is 24.9 Å². The van der Waals surface area contributed by atoms with Crippen LogP contribution < -0.4 is 4.74 Å². The second kappa shape index (κ2) is 7.85. The molecule has 3 aromatic rings. The molecule has 6 nitrogen and oxygen atoms in total. The molecule has 1 atom stereocenters. The molecule has 3 rings (SSSR count). The van der Waals surface area contributed by atoms with E-state index in [-0.39, 0.29) is 0 Å². The molecule has 2 aromatic heterocycles. The highest BCUT2D eigenvalue weighted by Gasteiger charge is 2.13. The van der Waals surface area contributed by atoms with Gasteiger partial charge in [-0.15, -0.1) is 0 Å². The third kappa shape index (κ3) is 4.03. The van der Waals surface area contributed by atoms with Gasteiger partial charge in [-0.3, -0.25) is 9.67 Å². The average Bonchev–Trinajstić information content (AvgIpc) is 3.02. The summed E-state index contributed by atoms with van der Waals surface area (Å²) < 4.78 is 12.8. The molecule has 0 spiro atoms. The number of fused-ring (bicyclic) bond motifs is 1. The molecule has 1 aromatic carbocycles. The molecule has 138 valence electrons. The molecule has 1 N–H and O–H groups in total. The van der Waals surface area contributed by atoms with Crippen LogP contribution in [0.25, 0.3) is 10.9 Å². The highest BCUT2D eigenvalue weighted by molar-refractivity contribution is 5.79. The summed E-state index contributed by atoms with van der Waals surface area (Å²) in [6.45, 7) is 7.37. The molecule has 0 radical (unpaired) electrons. The standard InChI is InChI=1S/C20H25N3O3/c1-13(2)12-26-19-8-5-14(3)22-17(19)11-23-18-7-6-15(20(24)25-4)9-16(18)10-21-23/h5-10,13,20,24H,11-12H2,1-4H3.